The number of hydrogen-bond donors (Lipinski definition) is 1. The highest BCUT2D eigenvalue weighted by atomic mass is 16.1. The highest BCUT2D eigenvalue weighted by molar-refractivity contribution is 5.78. The van der Waals surface area contributed by atoms with E-state index in [9.17, 15) is 4.79 Å². The van der Waals surface area contributed by atoms with Gasteiger partial charge in [0.2, 0.25) is 5.91 Å². The SMILES string of the molecule is O=C1NCCCCC1CC1CC2CCC1C2. The zero-order valence-electron chi connectivity index (χ0n) is 10.1. The standard InChI is InChI=1S/C14H23NO/c16-14-12(3-1-2-6-15-14)9-13-8-10-4-5-11(13)7-10/h10-13H,1-9H2,(H,15,16). The normalized spacial score (nSPS) is 43.1. The lowest BCUT2D eigenvalue weighted by Gasteiger charge is -2.25. The number of carbonyl (C=O) groups excluding carboxylic acids is 1. The van der Waals surface area contributed by atoms with Crippen LogP contribution in [0.15, 0.2) is 0 Å². The van der Waals surface area contributed by atoms with E-state index in [1.165, 1.54) is 44.9 Å². The maximum absolute atomic E-state index is 11.9. The van der Waals surface area contributed by atoms with Gasteiger partial charge in [-0.05, 0) is 56.3 Å². The van der Waals surface area contributed by atoms with Crippen molar-refractivity contribution in [1.82, 2.24) is 5.32 Å². The number of hydrogen-bond acceptors (Lipinski definition) is 1. The lowest BCUT2D eigenvalue weighted by atomic mass is 9.81. The Morgan fingerprint density at radius 2 is 2.06 bits per heavy atom. The van der Waals surface area contributed by atoms with Crippen LogP contribution in [-0.4, -0.2) is 12.5 Å². The maximum atomic E-state index is 11.9. The predicted molar refractivity (Wildman–Crippen MR) is 63.9 cm³/mol. The van der Waals surface area contributed by atoms with Crippen molar-refractivity contribution in [2.24, 2.45) is 23.7 Å². The lowest BCUT2D eigenvalue weighted by molar-refractivity contribution is -0.125. The van der Waals surface area contributed by atoms with Crippen LogP contribution in [0, 0.1) is 23.7 Å². The first-order valence-corrected chi connectivity index (χ1v) is 7.10. The van der Waals surface area contributed by atoms with Crippen molar-refractivity contribution in [3.8, 4) is 0 Å². The second kappa shape index (κ2) is 4.38. The first-order chi connectivity index (χ1) is 7.83. The molecule has 2 heteroatoms. The molecular weight excluding hydrogens is 198 g/mol. The Morgan fingerprint density at radius 3 is 2.81 bits per heavy atom. The van der Waals surface area contributed by atoms with E-state index in [-0.39, 0.29) is 0 Å². The summed E-state index contributed by atoms with van der Waals surface area (Å²) < 4.78 is 0. The van der Waals surface area contributed by atoms with E-state index in [0.717, 1.165) is 30.7 Å². The van der Waals surface area contributed by atoms with Crippen molar-refractivity contribution < 1.29 is 4.79 Å². The van der Waals surface area contributed by atoms with Crippen LogP contribution in [0.1, 0.15) is 51.4 Å². The molecule has 4 atom stereocenters. The largest absolute Gasteiger partial charge is 0.356 e. The minimum Gasteiger partial charge on any atom is -0.356 e. The van der Waals surface area contributed by atoms with Crippen molar-refractivity contribution >= 4 is 5.91 Å². The average molecular weight is 221 g/mol. The summed E-state index contributed by atoms with van der Waals surface area (Å²) in [6.07, 6.45) is 10.6. The Hall–Kier alpha value is -0.530. The summed E-state index contributed by atoms with van der Waals surface area (Å²) in [4.78, 5) is 11.9. The molecule has 1 saturated heterocycles. The Balaban J connectivity index is 1.58. The van der Waals surface area contributed by atoms with Crippen LogP contribution in [-0.2, 0) is 4.79 Å². The van der Waals surface area contributed by atoms with Gasteiger partial charge in [-0.25, -0.2) is 0 Å². The van der Waals surface area contributed by atoms with Crippen molar-refractivity contribution in [2.75, 3.05) is 6.54 Å². The number of amides is 1. The quantitative estimate of drug-likeness (QED) is 0.763. The van der Waals surface area contributed by atoms with E-state index >= 15 is 0 Å². The molecule has 2 bridgehead atoms. The monoisotopic (exact) mass is 221 g/mol. The van der Waals surface area contributed by atoms with Crippen LogP contribution in [0.2, 0.25) is 0 Å². The third-order valence-corrected chi connectivity index (χ3v) is 5.12. The van der Waals surface area contributed by atoms with E-state index in [0.29, 0.717) is 11.8 Å². The van der Waals surface area contributed by atoms with Gasteiger partial charge in [0.1, 0.15) is 0 Å². The van der Waals surface area contributed by atoms with Gasteiger partial charge < -0.3 is 5.32 Å². The van der Waals surface area contributed by atoms with Gasteiger partial charge in [0.15, 0.2) is 0 Å². The number of fused-ring (bicyclic) bond motifs is 2. The van der Waals surface area contributed by atoms with Crippen LogP contribution in [0.3, 0.4) is 0 Å². The van der Waals surface area contributed by atoms with E-state index < -0.39 is 0 Å². The van der Waals surface area contributed by atoms with Crippen LogP contribution in [0.25, 0.3) is 0 Å². The number of carbonyl (C=O) groups is 1. The van der Waals surface area contributed by atoms with Gasteiger partial charge in [0.05, 0.1) is 0 Å². The molecule has 1 aliphatic heterocycles. The molecule has 2 nitrogen and oxygen atoms in total. The number of nitrogens with one attached hydrogen (secondary N) is 1. The molecule has 0 aromatic rings. The summed E-state index contributed by atoms with van der Waals surface area (Å²) in [7, 11) is 0. The van der Waals surface area contributed by atoms with Gasteiger partial charge in [-0.2, -0.15) is 0 Å². The molecule has 1 amide bonds. The minimum absolute atomic E-state index is 0.340. The molecule has 0 radical (unpaired) electrons. The van der Waals surface area contributed by atoms with Crippen molar-refractivity contribution in [2.45, 2.75) is 51.4 Å². The molecule has 0 aromatic heterocycles. The van der Waals surface area contributed by atoms with Gasteiger partial charge in [-0.3, -0.25) is 4.79 Å². The zero-order valence-corrected chi connectivity index (χ0v) is 10.1. The third kappa shape index (κ3) is 1.99. The van der Waals surface area contributed by atoms with Gasteiger partial charge in [-0.15, -0.1) is 0 Å². The molecule has 1 N–H and O–H groups in total. The van der Waals surface area contributed by atoms with E-state index in [1.54, 1.807) is 0 Å². The second-order valence-corrected chi connectivity index (χ2v) is 6.15. The summed E-state index contributed by atoms with van der Waals surface area (Å²) in [6, 6.07) is 0. The first kappa shape index (κ1) is 10.6. The molecule has 3 fully saturated rings. The van der Waals surface area contributed by atoms with Crippen molar-refractivity contribution in [1.29, 1.82) is 0 Å². The molecule has 4 unspecified atom stereocenters. The highest BCUT2D eigenvalue weighted by Gasteiger charge is 2.40. The average Bonchev–Trinajstić information content (AvgIpc) is 2.83. The van der Waals surface area contributed by atoms with E-state index in [2.05, 4.69) is 5.32 Å². The van der Waals surface area contributed by atoms with Crippen molar-refractivity contribution in [3.63, 3.8) is 0 Å². The van der Waals surface area contributed by atoms with Gasteiger partial charge >= 0.3 is 0 Å². The smallest absolute Gasteiger partial charge is 0.223 e. The lowest BCUT2D eigenvalue weighted by Crippen LogP contribution is -2.31. The van der Waals surface area contributed by atoms with Gasteiger partial charge in [0.25, 0.3) is 0 Å². The first-order valence-electron chi connectivity index (χ1n) is 7.10. The molecule has 0 aromatic carbocycles. The molecule has 0 spiro atoms. The molecule has 90 valence electrons. The van der Waals surface area contributed by atoms with E-state index in [4.69, 9.17) is 0 Å². The Kier molecular flexibility index (Phi) is 2.91. The molecule has 2 saturated carbocycles. The summed E-state index contributed by atoms with van der Waals surface area (Å²) in [5.74, 6) is 3.56. The Morgan fingerprint density at radius 1 is 1.12 bits per heavy atom. The molecule has 3 rings (SSSR count). The van der Waals surface area contributed by atoms with Crippen LogP contribution in [0.5, 0.6) is 0 Å². The second-order valence-electron chi connectivity index (χ2n) is 6.15. The topological polar surface area (TPSA) is 29.1 Å². The summed E-state index contributed by atoms with van der Waals surface area (Å²) in [6.45, 7) is 0.909. The van der Waals surface area contributed by atoms with E-state index in [1.807, 2.05) is 0 Å². The minimum atomic E-state index is 0.340. The predicted octanol–water partition coefficient (Wildman–Crippen LogP) is 2.73. The summed E-state index contributed by atoms with van der Waals surface area (Å²) in [5, 5.41) is 3.07. The number of rotatable bonds is 2. The van der Waals surface area contributed by atoms with Crippen molar-refractivity contribution in [3.05, 3.63) is 0 Å². The maximum Gasteiger partial charge on any atom is 0.223 e. The van der Waals surface area contributed by atoms with Crippen LogP contribution < -0.4 is 5.32 Å². The summed E-state index contributed by atoms with van der Waals surface area (Å²) >= 11 is 0. The van der Waals surface area contributed by atoms with Crippen LogP contribution in [0.4, 0.5) is 0 Å². The molecular formula is C14H23NO. The molecule has 3 aliphatic rings. The molecule has 2 aliphatic carbocycles. The fourth-order valence-corrected chi connectivity index (χ4v) is 4.26. The van der Waals surface area contributed by atoms with Crippen LogP contribution >= 0.6 is 0 Å². The fourth-order valence-electron chi connectivity index (χ4n) is 4.26. The van der Waals surface area contributed by atoms with Gasteiger partial charge in [0, 0.05) is 12.5 Å². The summed E-state index contributed by atoms with van der Waals surface area (Å²) in [5.41, 5.74) is 0. The third-order valence-electron chi connectivity index (χ3n) is 5.12. The van der Waals surface area contributed by atoms with Gasteiger partial charge in [-0.1, -0.05) is 12.8 Å². The highest BCUT2D eigenvalue weighted by Crippen LogP contribution is 2.50. The Labute approximate surface area is 98.2 Å². The fraction of sp³-hybridized carbons (Fsp3) is 0.929. The molecule has 16 heavy (non-hydrogen) atoms. The zero-order chi connectivity index (χ0) is 11.0. The molecule has 1 heterocycles. The Bertz CT molecular complexity index is 276.